The molecule has 94 valence electrons. The van der Waals surface area contributed by atoms with Gasteiger partial charge in [0.15, 0.2) is 0 Å². The van der Waals surface area contributed by atoms with Crippen LogP contribution in [0, 0.1) is 0 Å². The zero-order valence-corrected chi connectivity index (χ0v) is 10.3. The third-order valence-corrected chi connectivity index (χ3v) is 4.16. The van der Waals surface area contributed by atoms with Crippen molar-refractivity contribution in [3.8, 4) is 0 Å². The van der Waals surface area contributed by atoms with Gasteiger partial charge in [-0.05, 0) is 37.3 Å². The normalized spacial score (nSPS) is 26.4. The van der Waals surface area contributed by atoms with Crippen LogP contribution in [-0.4, -0.2) is 29.2 Å². The summed E-state index contributed by atoms with van der Waals surface area (Å²) in [5.74, 6) is 0.314. The van der Waals surface area contributed by atoms with Gasteiger partial charge in [-0.15, -0.1) is 0 Å². The van der Waals surface area contributed by atoms with Crippen LogP contribution in [0.5, 0.6) is 0 Å². The molecule has 2 aliphatic rings. The lowest BCUT2D eigenvalue weighted by molar-refractivity contribution is -0.129. The molecule has 3 nitrogen and oxygen atoms in total. The summed E-state index contributed by atoms with van der Waals surface area (Å²) in [7, 11) is 0. The fraction of sp³-hybridized carbons (Fsp3) is 0.467. The van der Waals surface area contributed by atoms with Crippen LogP contribution in [0.4, 0.5) is 0 Å². The van der Waals surface area contributed by atoms with Crippen LogP contribution in [0.2, 0.25) is 0 Å². The van der Waals surface area contributed by atoms with Gasteiger partial charge < -0.3 is 4.90 Å². The summed E-state index contributed by atoms with van der Waals surface area (Å²) in [6, 6.07) is 8.53. The summed E-state index contributed by atoms with van der Waals surface area (Å²) in [6.07, 6.45) is 5.75. The standard InChI is InChI=1S/C15H17NO2/c17-10-12-3-1-2-11(8-12)9-14-5-4-13-6-7-15(18)16(13)14/h1-3,8,10,13-14H,4-7,9H2/t13-,14-/m1/s1. The molecule has 3 heteroatoms. The topological polar surface area (TPSA) is 37.4 Å². The molecule has 0 unspecified atom stereocenters. The van der Waals surface area contributed by atoms with E-state index in [1.807, 2.05) is 24.3 Å². The Hall–Kier alpha value is -1.64. The Kier molecular flexibility index (Phi) is 2.90. The molecule has 0 aliphatic carbocycles. The minimum absolute atomic E-state index is 0.314. The van der Waals surface area contributed by atoms with E-state index in [-0.39, 0.29) is 0 Å². The number of hydrogen-bond acceptors (Lipinski definition) is 2. The SMILES string of the molecule is O=Cc1cccc(C[C@H]2CC[C@@H]3CCC(=O)N32)c1. The van der Waals surface area contributed by atoms with E-state index in [2.05, 4.69) is 4.90 Å². The van der Waals surface area contributed by atoms with E-state index in [1.54, 1.807) is 0 Å². The van der Waals surface area contributed by atoms with E-state index in [0.29, 0.717) is 18.0 Å². The van der Waals surface area contributed by atoms with Crippen molar-refractivity contribution in [3.05, 3.63) is 35.4 Å². The first kappa shape index (κ1) is 11.5. The van der Waals surface area contributed by atoms with Gasteiger partial charge in [0.25, 0.3) is 0 Å². The predicted molar refractivity (Wildman–Crippen MR) is 68.4 cm³/mol. The van der Waals surface area contributed by atoms with E-state index < -0.39 is 0 Å². The number of carbonyl (C=O) groups is 2. The van der Waals surface area contributed by atoms with Gasteiger partial charge >= 0.3 is 0 Å². The Morgan fingerprint density at radius 3 is 3.00 bits per heavy atom. The smallest absolute Gasteiger partial charge is 0.223 e. The predicted octanol–water partition coefficient (Wildman–Crippen LogP) is 2.20. The van der Waals surface area contributed by atoms with Crippen LogP contribution in [0.1, 0.15) is 41.6 Å². The number of rotatable bonds is 3. The lowest BCUT2D eigenvalue weighted by atomic mass is 10.0. The third kappa shape index (κ3) is 1.94. The van der Waals surface area contributed by atoms with Gasteiger partial charge in [-0.3, -0.25) is 9.59 Å². The van der Waals surface area contributed by atoms with Gasteiger partial charge in [-0.2, -0.15) is 0 Å². The van der Waals surface area contributed by atoms with Crippen LogP contribution in [0.15, 0.2) is 24.3 Å². The first-order chi connectivity index (χ1) is 8.78. The second-order valence-corrected chi connectivity index (χ2v) is 5.29. The average Bonchev–Trinajstić information content (AvgIpc) is 2.95. The monoisotopic (exact) mass is 243 g/mol. The molecule has 1 amide bonds. The van der Waals surface area contributed by atoms with E-state index in [0.717, 1.165) is 49.5 Å². The molecule has 0 radical (unpaired) electrons. The van der Waals surface area contributed by atoms with Gasteiger partial charge in [0.2, 0.25) is 5.91 Å². The minimum atomic E-state index is 0.314. The Balaban J connectivity index is 1.76. The highest BCUT2D eigenvalue weighted by molar-refractivity contribution is 5.79. The molecule has 2 fully saturated rings. The van der Waals surface area contributed by atoms with E-state index in [4.69, 9.17) is 0 Å². The molecule has 18 heavy (non-hydrogen) atoms. The fourth-order valence-electron chi connectivity index (χ4n) is 3.34. The van der Waals surface area contributed by atoms with Gasteiger partial charge in [0.05, 0.1) is 0 Å². The fourth-order valence-corrected chi connectivity index (χ4v) is 3.34. The van der Waals surface area contributed by atoms with Gasteiger partial charge in [0, 0.05) is 24.1 Å². The lowest BCUT2D eigenvalue weighted by Crippen LogP contribution is -2.36. The number of carbonyl (C=O) groups excluding carboxylic acids is 2. The number of hydrogen-bond donors (Lipinski definition) is 0. The highest BCUT2D eigenvalue weighted by Crippen LogP contribution is 2.34. The summed E-state index contributed by atoms with van der Waals surface area (Å²) in [6.45, 7) is 0. The van der Waals surface area contributed by atoms with Crippen LogP contribution >= 0.6 is 0 Å². The lowest BCUT2D eigenvalue weighted by Gasteiger charge is -2.24. The maximum absolute atomic E-state index is 11.8. The summed E-state index contributed by atoms with van der Waals surface area (Å²) in [5, 5.41) is 0. The molecule has 2 heterocycles. The largest absolute Gasteiger partial charge is 0.336 e. The van der Waals surface area contributed by atoms with Crippen LogP contribution in [0.25, 0.3) is 0 Å². The highest BCUT2D eigenvalue weighted by atomic mass is 16.2. The Morgan fingerprint density at radius 2 is 2.17 bits per heavy atom. The van der Waals surface area contributed by atoms with Crippen molar-refractivity contribution in [1.82, 2.24) is 4.90 Å². The van der Waals surface area contributed by atoms with Crippen molar-refractivity contribution >= 4 is 12.2 Å². The molecule has 0 saturated carbocycles. The first-order valence-corrected chi connectivity index (χ1v) is 6.63. The molecule has 1 aromatic carbocycles. The van der Waals surface area contributed by atoms with Gasteiger partial charge in [-0.1, -0.05) is 18.2 Å². The third-order valence-electron chi connectivity index (χ3n) is 4.16. The van der Waals surface area contributed by atoms with Crippen molar-refractivity contribution in [1.29, 1.82) is 0 Å². The zero-order chi connectivity index (χ0) is 12.5. The molecule has 3 rings (SSSR count). The van der Waals surface area contributed by atoms with E-state index in [9.17, 15) is 9.59 Å². The maximum atomic E-state index is 11.8. The Bertz CT molecular complexity index is 483. The second kappa shape index (κ2) is 4.56. The van der Waals surface area contributed by atoms with Crippen molar-refractivity contribution in [2.24, 2.45) is 0 Å². The molecule has 2 aliphatic heterocycles. The van der Waals surface area contributed by atoms with Crippen molar-refractivity contribution < 1.29 is 9.59 Å². The van der Waals surface area contributed by atoms with Crippen LogP contribution in [-0.2, 0) is 11.2 Å². The Morgan fingerprint density at radius 1 is 1.28 bits per heavy atom. The first-order valence-electron chi connectivity index (χ1n) is 6.63. The molecule has 0 bridgehead atoms. The number of amides is 1. The van der Waals surface area contributed by atoms with Gasteiger partial charge in [0.1, 0.15) is 6.29 Å². The molecule has 0 N–H and O–H groups in total. The summed E-state index contributed by atoms with van der Waals surface area (Å²) in [4.78, 5) is 24.7. The second-order valence-electron chi connectivity index (χ2n) is 5.29. The zero-order valence-electron chi connectivity index (χ0n) is 10.3. The molecule has 0 aromatic heterocycles. The quantitative estimate of drug-likeness (QED) is 0.763. The molecular weight excluding hydrogens is 226 g/mol. The summed E-state index contributed by atoms with van der Waals surface area (Å²) < 4.78 is 0. The van der Waals surface area contributed by atoms with Crippen LogP contribution in [0.3, 0.4) is 0 Å². The molecule has 1 aromatic rings. The van der Waals surface area contributed by atoms with E-state index >= 15 is 0 Å². The number of fused-ring (bicyclic) bond motifs is 1. The molecule has 2 atom stereocenters. The van der Waals surface area contributed by atoms with E-state index in [1.165, 1.54) is 0 Å². The summed E-state index contributed by atoms with van der Waals surface area (Å²) >= 11 is 0. The molecule has 0 spiro atoms. The summed E-state index contributed by atoms with van der Waals surface area (Å²) in [5.41, 5.74) is 1.87. The van der Waals surface area contributed by atoms with Crippen molar-refractivity contribution in [3.63, 3.8) is 0 Å². The molecular formula is C15H17NO2. The van der Waals surface area contributed by atoms with Crippen LogP contribution < -0.4 is 0 Å². The minimum Gasteiger partial charge on any atom is -0.336 e. The van der Waals surface area contributed by atoms with Crippen molar-refractivity contribution in [2.45, 2.75) is 44.2 Å². The number of benzene rings is 1. The van der Waals surface area contributed by atoms with Gasteiger partial charge in [-0.25, -0.2) is 0 Å². The maximum Gasteiger partial charge on any atom is 0.223 e. The van der Waals surface area contributed by atoms with Crippen molar-refractivity contribution in [2.75, 3.05) is 0 Å². The average molecular weight is 243 g/mol. The molecule has 2 saturated heterocycles. The number of nitrogens with zero attached hydrogens (tertiary/aromatic N) is 1. The number of aldehydes is 1. The Labute approximate surface area is 107 Å². The highest BCUT2D eigenvalue weighted by Gasteiger charge is 2.40.